The van der Waals surface area contributed by atoms with Gasteiger partial charge in [-0.25, -0.2) is 0 Å². The molecule has 1 N–H and O–H groups in total. The molecule has 5 heteroatoms. The van der Waals surface area contributed by atoms with Gasteiger partial charge in [-0.15, -0.1) is 11.6 Å². The van der Waals surface area contributed by atoms with Gasteiger partial charge in [0.05, 0.1) is 17.8 Å². The van der Waals surface area contributed by atoms with Gasteiger partial charge in [-0.2, -0.15) is 0 Å². The molecule has 1 aromatic carbocycles. The second-order valence-electron chi connectivity index (χ2n) is 2.95. The van der Waals surface area contributed by atoms with E-state index < -0.39 is 5.38 Å². The van der Waals surface area contributed by atoms with Crippen LogP contribution in [-0.2, 0) is 4.79 Å². The SMILES string of the molecule is COc1ccc(Cl)c(NC(=O)C(C)Cl)c1. The summed E-state index contributed by atoms with van der Waals surface area (Å²) in [6.45, 7) is 1.59. The summed E-state index contributed by atoms with van der Waals surface area (Å²) in [5.74, 6) is 0.323. The lowest BCUT2D eigenvalue weighted by molar-refractivity contribution is -0.115. The molecule has 0 bridgehead atoms. The molecule has 1 atom stereocenters. The van der Waals surface area contributed by atoms with E-state index in [9.17, 15) is 4.79 Å². The first-order valence-electron chi connectivity index (χ1n) is 4.33. The Kier molecular flexibility index (Phi) is 4.24. The van der Waals surface area contributed by atoms with Gasteiger partial charge < -0.3 is 10.1 Å². The zero-order valence-corrected chi connectivity index (χ0v) is 9.89. The summed E-state index contributed by atoms with van der Waals surface area (Å²) < 4.78 is 5.01. The van der Waals surface area contributed by atoms with Crippen LogP contribution in [0.15, 0.2) is 18.2 Å². The number of methoxy groups -OCH3 is 1. The van der Waals surface area contributed by atoms with E-state index in [1.807, 2.05) is 0 Å². The highest BCUT2D eigenvalue weighted by atomic mass is 35.5. The van der Waals surface area contributed by atoms with Crippen LogP contribution >= 0.6 is 23.2 Å². The number of rotatable bonds is 3. The molecular formula is C10H11Cl2NO2. The van der Waals surface area contributed by atoms with Crippen molar-refractivity contribution in [2.24, 2.45) is 0 Å². The zero-order valence-electron chi connectivity index (χ0n) is 8.38. The van der Waals surface area contributed by atoms with Crippen LogP contribution in [0.5, 0.6) is 5.75 Å². The molecule has 3 nitrogen and oxygen atoms in total. The third-order valence-electron chi connectivity index (χ3n) is 1.79. The molecular weight excluding hydrogens is 237 g/mol. The molecule has 1 unspecified atom stereocenters. The van der Waals surface area contributed by atoms with Crippen LogP contribution in [0.1, 0.15) is 6.92 Å². The lowest BCUT2D eigenvalue weighted by atomic mass is 10.3. The Balaban J connectivity index is 2.88. The van der Waals surface area contributed by atoms with Gasteiger partial charge in [0.1, 0.15) is 11.1 Å². The second-order valence-corrected chi connectivity index (χ2v) is 4.01. The van der Waals surface area contributed by atoms with E-state index in [4.69, 9.17) is 27.9 Å². The summed E-state index contributed by atoms with van der Waals surface area (Å²) in [6.07, 6.45) is 0. The minimum absolute atomic E-state index is 0.299. The topological polar surface area (TPSA) is 38.3 Å². The summed E-state index contributed by atoms with van der Waals surface area (Å²) in [6, 6.07) is 5.00. The average molecular weight is 248 g/mol. The normalized spacial score (nSPS) is 12.0. The Hall–Kier alpha value is -0.930. The zero-order chi connectivity index (χ0) is 11.4. The van der Waals surface area contributed by atoms with Gasteiger partial charge in [-0.3, -0.25) is 4.79 Å². The van der Waals surface area contributed by atoms with E-state index in [1.54, 1.807) is 32.2 Å². The monoisotopic (exact) mass is 247 g/mol. The minimum atomic E-state index is -0.604. The molecule has 1 rings (SSSR count). The Labute approximate surface area is 98.3 Å². The Morgan fingerprint density at radius 2 is 2.20 bits per heavy atom. The molecule has 0 fully saturated rings. The number of hydrogen-bond donors (Lipinski definition) is 1. The number of benzene rings is 1. The molecule has 15 heavy (non-hydrogen) atoms. The summed E-state index contributed by atoms with van der Waals surface area (Å²) in [5.41, 5.74) is 0.494. The molecule has 0 aliphatic carbocycles. The van der Waals surface area contributed by atoms with Gasteiger partial charge in [0, 0.05) is 6.07 Å². The lowest BCUT2D eigenvalue weighted by Gasteiger charge is -2.09. The highest BCUT2D eigenvalue weighted by molar-refractivity contribution is 6.35. The molecule has 0 heterocycles. The van der Waals surface area contributed by atoms with E-state index in [0.717, 1.165) is 0 Å². The van der Waals surface area contributed by atoms with Crippen molar-refractivity contribution < 1.29 is 9.53 Å². The number of nitrogens with one attached hydrogen (secondary N) is 1. The van der Waals surface area contributed by atoms with Crippen LogP contribution in [0.3, 0.4) is 0 Å². The number of hydrogen-bond acceptors (Lipinski definition) is 2. The number of amides is 1. The number of carbonyl (C=O) groups is 1. The van der Waals surface area contributed by atoms with Crippen molar-refractivity contribution in [1.82, 2.24) is 0 Å². The molecule has 0 aromatic heterocycles. The standard InChI is InChI=1S/C10H11Cl2NO2/c1-6(11)10(14)13-9-5-7(15-2)3-4-8(9)12/h3-6H,1-2H3,(H,13,14). The quantitative estimate of drug-likeness (QED) is 0.835. The summed E-state index contributed by atoms with van der Waals surface area (Å²) in [5, 5.41) is 2.44. The number of alkyl halides is 1. The minimum Gasteiger partial charge on any atom is -0.497 e. The highest BCUT2D eigenvalue weighted by Gasteiger charge is 2.11. The van der Waals surface area contributed by atoms with E-state index >= 15 is 0 Å². The van der Waals surface area contributed by atoms with Crippen molar-refractivity contribution in [3.8, 4) is 5.75 Å². The van der Waals surface area contributed by atoms with E-state index in [-0.39, 0.29) is 5.91 Å². The van der Waals surface area contributed by atoms with Crippen LogP contribution in [0.4, 0.5) is 5.69 Å². The summed E-state index contributed by atoms with van der Waals surface area (Å²) in [7, 11) is 1.54. The fraction of sp³-hybridized carbons (Fsp3) is 0.300. The second kappa shape index (κ2) is 5.24. The van der Waals surface area contributed by atoms with Gasteiger partial charge in [0.15, 0.2) is 0 Å². The largest absolute Gasteiger partial charge is 0.497 e. The molecule has 0 radical (unpaired) electrons. The molecule has 0 aliphatic heterocycles. The molecule has 0 saturated heterocycles. The predicted octanol–water partition coefficient (Wildman–Crippen LogP) is 2.91. The molecule has 82 valence electrons. The van der Waals surface area contributed by atoms with Crippen LogP contribution in [0.2, 0.25) is 5.02 Å². The predicted molar refractivity (Wildman–Crippen MR) is 61.9 cm³/mol. The Morgan fingerprint density at radius 1 is 1.53 bits per heavy atom. The van der Waals surface area contributed by atoms with Crippen molar-refractivity contribution in [3.05, 3.63) is 23.2 Å². The Bertz CT molecular complexity index is 366. The van der Waals surface area contributed by atoms with E-state index in [2.05, 4.69) is 5.32 Å². The lowest BCUT2D eigenvalue weighted by Crippen LogP contribution is -2.20. The number of carbonyl (C=O) groups excluding carboxylic acids is 1. The van der Waals surface area contributed by atoms with Gasteiger partial charge in [-0.05, 0) is 19.1 Å². The maximum absolute atomic E-state index is 11.3. The van der Waals surface area contributed by atoms with E-state index in [0.29, 0.717) is 16.5 Å². The average Bonchev–Trinajstić information content (AvgIpc) is 2.21. The summed E-state index contributed by atoms with van der Waals surface area (Å²) >= 11 is 11.5. The maximum Gasteiger partial charge on any atom is 0.242 e. The van der Waals surface area contributed by atoms with Crippen LogP contribution in [0.25, 0.3) is 0 Å². The third-order valence-corrected chi connectivity index (χ3v) is 2.32. The van der Waals surface area contributed by atoms with Gasteiger partial charge in [0.2, 0.25) is 5.91 Å². The number of ether oxygens (including phenoxy) is 1. The smallest absolute Gasteiger partial charge is 0.242 e. The molecule has 1 aromatic rings. The van der Waals surface area contributed by atoms with Gasteiger partial charge in [-0.1, -0.05) is 11.6 Å². The molecule has 1 amide bonds. The van der Waals surface area contributed by atoms with Gasteiger partial charge in [0.25, 0.3) is 0 Å². The highest BCUT2D eigenvalue weighted by Crippen LogP contribution is 2.26. The van der Waals surface area contributed by atoms with Crippen molar-refractivity contribution in [3.63, 3.8) is 0 Å². The first kappa shape index (κ1) is 12.1. The first-order valence-corrected chi connectivity index (χ1v) is 5.14. The van der Waals surface area contributed by atoms with Crippen LogP contribution in [-0.4, -0.2) is 18.4 Å². The van der Waals surface area contributed by atoms with Crippen molar-refractivity contribution in [2.75, 3.05) is 12.4 Å². The van der Waals surface area contributed by atoms with Crippen molar-refractivity contribution >= 4 is 34.8 Å². The van der Waals surface area contributed by atoms with Crippen molar-refractivity contribution in [2.45, 2.75) is 12.3 Å². The van der Waals surface area contributed by atoms with Crippen LogP contribution < -0.4 is 10.1 Å². The summed E-state index contributed by atoms with van der Waals surface area (Å²) in [4.78, 5) is 11.3. The number of halogens is 2. The molecule has 0 spiro atoms. The van der Waals surface area contributed by atoms with Gasteiger partial charge >= 0.3 is 0 Å². The third kappa shape index (κ3) is 3.29. The fourth-order valence-electron chi connectivity index (χ4n) is 0.959. The van der Waals surface area contributed by atoms with E-state index in [1.165, 1.54) is 0 Å². The van der Waals surface area contributed by atoms with Crippen LogP contribution in [0, 0.1) is 0 Å². The number of anilines is 1. The molecule has 0 aliphatic rings. The fourth-order valence-corrected chi connectivity index (χ4v) is 1.18. The molecule has 0 saturated carbocycles. The maximum atomic E-state index is 11.3. The van der Waals surface area contributed by atoms with Crippen molar-refractivity contribution in [1.29, 1.82) is 0 Å². The Morgan fingerprint density at radius 3 is 2.73 bits per heavy atom. The first-order chi connectivity index (χ1) is 7.04.